The Morgan fingerprint density at radius 2 is 2.24 bits per heavy atom. The Morgan fingerprint density at radius 1 is 1.47 bits per heavy atom. The van der Waals surface area contributed by atoms with Gasteiger partial charge in [0.1, 0.15) is 0 Å². The lowest BCUT2D eigenvalue weighted by atomic mass is 10.1. The molecule has 2 rings (SSSR count). The third kappa shape index (κ3) is 2.28. The molecule has 0 bridgehead atoms. The van der Waals surface area contributed by atoms with E-state index in [-0.39, 0.29) is 5.78 Å². The molecule has 0 fully saturated rings. The molecule has 0 amide bonds. The Labute approximate surface area is 109 Å². The van der Waals surface area contributed by atoms with Gasteiger partial charge in [0.05, 0.1) is 6.54 Å². The fourth-order valence-corrected chi connectivity index (χ4v) is 2.35. The summed E-state index contributed by atoms with van der Waals surface area (Å²) in [6.07, 6.45) is 1.94. The molecular formula is C13H15BrN2O. The van der Waals surface area contributed by atoms with Crippen LogP contribution in [0.2, 0.25) is 0 Å². The standard InChI is InChI=1S/C13H15BrN2O/c1-3-16-8-11(13(17)7-15-2)10-5-4-9(14)6-12(10)16/h4-6,8,15H,3,7H2,1-2H3. The van der Waals surface area contributed by atoms with Crippen LogP contribution < -0.4 is 5.32 Å². The summed E-state index contributed by atoms with van der Waals surface area (Å²) >= 11 is 3.46. The van der Waals surface area contributed by atoms with E-state index in [0.717, 1.165) is 27.5 Å². The number of nitrogens with zero attached hydrogens (tertiary/aromatic N) is 1. The lowest BCUT2D eigenvalue weighted by Gasteiger charge is -2.00. The number of hydrogen-bond donors (Lipinski definition) is 1. The van der Waals surface area contributed by atoms with Crippen LogP contribution in [0.5, 0.6) is 0 Å². The molecule has 2 aromatic rings. The number of hydrogen-bond acceptors (Lipinski definition) is 2. The first-order chi connectivity index (χ1) is 8.17. The van der Waals surface area contributed by atoms with Crippen molar-refractivity contribution in [2.45, 2.75) is 13.5 Å². The lowest BCUT2D eigenvalue weighted by Crippen LogP contribution is -2.18. The summed E-state index contributed by atoms with van der Waals surface area (Å²) in [7, 11) is 1.79. The molecule has 0 unspecified atom stereocenters. The van der Waals surface area contributed by atoms with Crippen molar-refractivity contribution in [2.24, 2.45) is 0 Å². The third-order valence-electron chi connectivity index (χ3n) is 2.82. The molecule has 90 valence electrons. The van der Waals surface area contributed by atoms with Crippen LogP contribution >= 0.6 is 15.9 Å². The first-order valence-electron chi connectivity index (χ1n) is 5.63. The van der Waals surface area contributed by atoms with Crippen LogP contribution in [0, 0.1) is 0 Å². The number of aromatic nitrogens is 1. The number of nitrogens with one attached hydrogen (secondary N) is 1. The van der Waals surface area contributed by atoms with Crippen LogP contribution in [0.3, 0.4) is 0 Å². The maximum Gasteiger partial charge on any atom is 0.178 e. The zero-order chi connectivity index (χ0) is 12.4. The fraction of sp³-hybridized carbons (Fsp3) is 0.308. The highest BCUT2D eigenvalue weighted by Crippen LogP contribution is 2.25. The Balaban J connectivity index is 2.61. The average Bonchev–Trinajstić information content (AvgIpc) is 2.67. The second-order valence-electron chi connectivity index (χ2n) is 3.94. The van der Waals surface area contributed by atoms with E-state index < -0.39 is 0 Å². The minimum atomic E-state index is 0.132. The topological polar surface area (TPSA) is 34.0 Å². The van der Waals surface area contributed by atoms with Gasteiger partial charge in [0.2, 0.25) is 0 Å². The number of ketones is 1. The first-order valence-corrected chi connectivity index (χ1v) is 6.43. The van der Waals surface area contributed by atoms with E-state index in [9.17, 15) is 4.79 Å². The van der Waals surface area contributed by atoms with Crippen molar-refractivity contribution in [3.05, 3.63) is 34.4 Å². The highest BCUT2D eigenvalue weighted by atomic mass is 79.9. The molecule has 0 atom stereocenters. The Kier molecular flexibility index (Phi) is 3.64. The molecule has 3 nitrogen and oxygen atoms in total. The summed E-state index contributed by atoms with van der Waals surface area (Å²) in [5.41, 5.74) is 1.89. The van der Waals surface area contributed by atoms with E-state index in [4.69, 9.17) is 0 Å². The minimum Gasteiger partial charge on any atom is -0.347 e. The SMILES string of the molecule is CCn1cc(C(=O)CNC)c2ccc(Br)cc21. The molecule has 0 aliphatic carbocycles. The van der Waals surface area contributed by atoms with E-state index >= 15 is 0 Å². The van der Waals surface area contributed by atoms with Crippen LogP contribution in [0.1, 0.15) is 17.3 Å². The number of rotatable bonds is 4. The summed E-state index contributed by atoms with van der Waals surface area (Å²) in [6.45, 7) is 3.31. The number of fused-ring (bicyclic) bond motifs is 1. The lowest BCUT2D eigenvalue weighted by molar-refractivity contribution is 0.0995. The van der Waals surface area contributed by atoms with Crippen molar-refractivity contribution in [1.82, 2.24) is 9.88 Å². The van der Waals surface area contributed by atoms with Gasteiger partial charge in [0.25, 0.3) is 0 Å². The largest absolute Gasteiger partial charge is 0.347 e. The number of benzene rings is 1. The molecule has 1 aromatic carbocycles. The number of likely N-dealkylation sites (N-methyl/N-ethyl adjacent to an activating group) is 1. The highest BCUT2D eigenvalue weighted by molar-refractivity contribution is 9.10. The summed E-state index contributed by atoms with van der Waals surface area (Å²) in [5, 5.41) is 3.92. The maximum atomic E-state index is 12.0. The van der Waals surface area contributed by atoms with Gasteiger partial charge in [-0.1, -0.05) is 22.0 Å². The summed E-state index contributed by atoms with van der Waals surface area (Å²) in [6, 6.07) is 6.02. The van der Waals surface area contributed by atoms with Gasteiger partial charge in [-0.25, -0.2) is 0 Å². The molecule has 17 heavy (non-hydrogen) atoms. The highest BCUT2D eigenvalue weighted by Gasteiger charge is 2.13. The van der Waals surface area contributed by atoms with Crippen LogP contribution in [-0.2, 0) is 6.54 Å². The van der Waals surface area contributed by atoms with Crippen molar-refractivity contribution in [1.29, 1.82) is 0 Å². The molecule has 0 saturated carbocycles. The molecule has 1 heterocycles. The quantitative estimate of drug-likeness (QED) is 0.880. The van der Waals surface area contributed by atoms with Gasteiger partial charge in [-0.05, 0) is 26.1 Å². The van der Waals surface area contributed by atoms with Crippen molar-refractivity contribution in [2.75, 3.05) is 13.6 Å². The van der Waals surface area contributed by atoms with E-state index in [0.29, 0.717) is 6.54 Å². The summed E-state index contributed by atoms with van der Waals surface area (Å²) < 4.78 is 3.13. The average molecular weight is 295 g/mol. The monoisotopic (exact) mass is 294 g/mol. The van der Waals surface area contributed by atoms with Crippen molar-refractivity contribution in [3.63, 3.8) is 0 Å². The zero-order valence-electron chi connectivity index (χ0n) is 9.96. The van der Waals surface area contributed by atoms with E-state index in [1.807, 2.05) is 18.3 Å². The van der Waals surface area contributed by atoms with Crippen LogP contribution in [0.4, 0.5) is 0 Å². The van der Waals surface area contributed by atoms with Crippen molar-refractivity contribution < 1.29 is 4.79 Å². The fourth-order valence-electron chi connectivity index (χ4n) is 2.00. The van der Waals surface area contributed by atoms with Gasteiger partial charge in [-0.2, -0.15) is 0 Å². The molecule has 0 radical (unpaired) electrons. The van der Waals surface area contributed by atoms with Gasteiger partial charge < -0.3 is 9.88 Å². The summed E-state index contributed by atoms with van der Waals surface area (Å²) in [5.74, 6) is 0.132. The molecule has 0 aliphatic rings. The van der Waals surface area contributed by atoms with Crippen molar-refractivity contribution >= 4 is 32.6 Å². The number of carbonyl (C=O) groups is 1. The van der Waals surface area contributed by atoms with Crippen molar-refractivity contribution in [3.8, 4) is 0 Å². The first kappa shape index (κ1) is 12.3. The van der Waals surface area contributed by atoms with Crippen LogP contribution in [-0.4, -0.2) is 23.9 Å². The minimum absolute atomic E-state index is 0.132. The maximum absolute atomic E-state index is 12.0. The second kappa shape index (κ2) is 5.02. The predicted octanol–water partition coefficient (Wildman–Crippen LogP) is 2.83. The summed E-state index contributed by atoms with van der Waals surface area (Å²) in [4.78, 5) is 12.0. The molecule has 1 aromatic heterocycles. The van der Waals surface area contributed by atoms with Crippen LogP contribution in [0.15, 0.2) is 28.9 Å². The Hall–Kier alpha value is -1.13. The normalized spacial score (nSPS) is 11.0. The number of halogens is 1. The molecule has 1 N–H and O–H groups in total. The van der Waals surface area contributed by atoms with Gasteiger partial charge >= 0.3 is 0 Å². The number of Topliss-reactive ketones (excluding diaryl/α,β-unsaturated/α-hetero) is 1. The smallest absolute Gasteiger partial charge is 0.178 e. The van der Waals surface area contributed by atoms with Crippen LogP contribution in [0.25, 0.3) is 10.9 Å². The van der Waals surface area contributed by atoms with Gasteiger partial charge in [0, 0.05) is 33.7 Å². The molecule has 0 spiro atoms. The molecular weight excluding hydrogens is 280 g/mol. The number of carbonyl (C=O) groups excluding carboxylic acids is 1. The van der Waals surface area contributed by atoms with Gasteiger partial charge in [-0.3, -0.25) is 4.79 Å². The number of aryl methyl sites for hydroxylation is 1. The van der Waals surface area contributed by atoms with E-state index in [1.165, 1.54) is 0 Å². The molecule has 4 heteroatoms. The Bertz CT molecular complexity index is 560. The third-order valence-corrected chi connectivity index (χ3v) is 3.32. The van der Waals surface area contributed by atoms with E-state index in [1.54, 1.807) is 7.05 Å². The second-order valence-corrected chi connectivity index (χ2v) is 4.86. The van der Waals surface area contributed by atoms with Gasteiger partial charge in [-0.15, -0.1) is 0 Å². The Morgan fingerprint density at radius 3 is 2.88 bits per heavy atom. The molecule has 0 saturated heterocycles. The van der Waals surface area contributed by atoms with Gasteiger partial charge in [0.15, 0.2) is 5.78 Å². The van der Waals surface area contributed by atoms with E-state index in [2.05, 4.69) is 38.8 Å². The zero-order valence-corrected chi connectivity index (χ0v) is 11.5. The molecule has 0 aliphatic heterocycles. The predicted molar refractivity (Wildman–Crippen MR) is 73.6 cm³/mol.